The Labute approximate surface area is 142 Å². The van der Waals surface area contributed by atoms with Gasteiger partial charge in [-0.3, -0.25) is 4.79 Å². The Balaban J connectivity index is 0.00000400. The topological polar surface area (TPSA) is 55.1 Å². The van der Waals surface area contributed by atoms with Gasteiger partial charge in [0, 0.05) is 17.4 Å². The minimum Gasteiger partial charge on any atom is -0.349 e. The molecule has 21 heavy (non-hydrogen) atoms. The van der Waals surface area contributed by atoms with Gasteiger partial charge >= 0.3 is 0 Å². The van der Waals surface area contributed by atoms with Crippen LogP contribution in [-0.2, 0) is 11.2 Å². The van der Waals surface area contributed by atoms with Crippen LogP contribution in [0.1, 0.15) is 44.2 Å². The van der Waals surface area contributed by atoms with Gasteiger partial charge in [0.2, 0.25) is 5.91 Å². The number of aryl methyl sites for hydroxylation is 2. The highest BCUT2D eigenvalue weighted by molar-refractivity contribution is 9.10. The summed E-state index contributed by atoms with van der Waals surface area (Å²) in [6, 6.07) is 6.21. The number of benzene rings is 1. The second kappa shape index (κ2) is 9.44. The third-order valence-electron chi connectivity index (χ3n) is 4.01. The van der Waals surface area contributed by atoms with E-state index in [0.29, 0.717) is 13.0 Å². The van der Waals surface area contributed by atoms with E-state index in [2.05, 4.69) is 54.2 Å². The van der Waals surface area contributed by atoms with Crippen molar-refractivity contribution < 1.29 is 4.79 Å². The number of amides is 1. The number of nitrogens with one attached hydrogen (secondary N) is 1. The Morgan fingerprint density at radius 1 is 1.33 bits per heavy atom. The van der Waals surface area contributed by atoms with Gasteiger partial charge in [-0.1, -0.05) is 41.9 Å². The van der Waals surface area contributed by atoms with Crippen molar-refractivity contribution in [1.82, 2.24) is 5.32 Å². The van der Waals surface area contributed by atoms with Crippen molar-refractivity contribution in [3.05, 3.63) is 33.8 Å². The van der Waals surface area contributed by atoms with E-state index in [1.807, 2.05) is 6.07 Å². The molecule has 0 aliphatic heterocycles. The van der Waals surface area contributed by atoms with Gasteiger partial charge in [0.25, 0.3) is 0 Å². The van der Waals surface area contributed by atoms with Crippen LogP contribution in [0.4, 0.5) is 0 Å². The van der Waals surface area contributed by atoms with Gasteiger partial charge in [-0.2, -0.15) is 0 Å². The molecule has 0 fully saturated rings. The summed E-state index contributed by atoms with van der Waals surface area (Å²) in [6.07, 6.45) is 2.99. The number of hydrogen-bond donors (Lipinski definition) is 2. The van der Waals surface area contributed by atoms with Gasteiger partial charge in [0.1, 0.15) is 0 Å². The smallest absolute Gasteiger partial charge is 0.220 e. The molecular weight excluding hydrogens is 352 g/mol. The lowest BCUT2D eigenvalue weighted by Gasteiger charge is -2.31. The van der Waals surface area contributed by atoms with Crippen molar-refractivity contribution in [3.63, 3.8) is 0 Å². The lowest BCUT2D eigenvalue weighted by atomic mass is 9.92. The summed E-state index contributed by atoms with van der Waals surface area (Å²) in [5, 5.41) is 3.10. The molecule has 3 N–H and O–H groups in total. The van der Waals surface area contributed by atoms with E-state index in [-0.39, 0.29) is 23.9 Å². The second-order valence-corrected chi connectivity index (χ2v) is 6.18. The average molecular weight is 378 g/mol. The van der Waals surface area contributed by atoms with E-state index in [4.69, 9.17) is 5.73 Å². The summed E-state index contributed by atoms with van der Waals surface area (Å²) >= 11 is 3.48. The zero-order chi connectivity index (χ0) is 15.2. The van der Waals surface area contributed by atoms with Crippen molar-refractivity contribution >= 4 is 34.2 Å². The number of carbonyl (C=O) groups excluding carboxylic acids is 1. The minimum absolute atomic E-state index is 0. The number of rotatable bonds is 7. The molecule has 1 aromatic rings. The van der Waals surface area contributed by atoms with E-state index >= 15 is 0 Å². The van der Waals surface area contributed by atoms with Gasteiger partial charge in [-0.05, 0) is 43.4 Å². The van der Waals surface area contributed by atoms with Crippen LogP contribution in [-0.4, -0.2) is 18.0 Å². The zero-order valence-corrected chi connectivity index (χ0v) is 15.4. The summed E-state index contributed by atoms with van der Waals surface area (Å²) < 4.78 is 1.10. The van der Waals surface area contributed by atoms with Gasteiger partial charge in [-0.15, -0.1) is 12.4 Å². The maximum Gasteiger partial charge on any atom is 0.220 e. The Kier molecular flexibility index (Phi) is 9.18. The van der Waals surface area contributed by atoms with Crippen molar-refractivity contribution in [2.75, 3.05) is 6.54 Å². The molecule has 0 heterocycles. The lowest BCUT2D eigenvalue weighted by molar-refractivity contribution is -0.123. The fourth-order valence-corrected chi connectivity index (χ4v) is 2.49. The minimum atomic E-state index is -0.243. The largest absolute Gasteiger partial charge is 0.349 e. The predicted molar refractivity (Wildman–Crippen MR) is 95.0 cm³/mol. The predicted octanol–water partition coefficient (Wildman–Crippen LogP) is 3.75. The molecule has 120 valence electrons. The maximum atomic E-state index is 12.1. The van der Waals surface area contributed by atoms with Crippen LogP contribution in [0.5, 0.6) is 0 Å². The van der Waals surface area contributed by atoms with Crippen LogP contribution in [0.15, 0.2) is 22.7 Å². The van der Waals surface area contributed by atoms with Crippen molar-refractivity contribution in [2.24, 2.45) is 5.73 Å². The van der Waals surface area contributed by atoms with E-state index in [0.717, 1.165) is 23.7 Å². The van der Waals surface area contributed by atoms with Gasteiger partial charge < -0.3 is 11.1 Å². The third-order valence-corrected chi connectivity index (χ3v) is 4.90. The van der Waals surface area contributed by atoms with E-state index in [1.165, 1.54) is 11.1 Å². The SMILES string of the molecule is CCC(CC)(CN)NC(=O)CCc1ccc(Br)c(C)c1.Cl. The van der Waals surface area contributed by atoms with Crippen molar-refractivity contribution in [2.45, 2.75) is 52.0 Å². The van der Waals surface area contributed by atoms with E-state index < -0.39 is 0 Å². The Morgan fingerprint density at radius 2 is 1.95 bits per heavy atom. The highest BCUT2D eigenvalue weighted by atomic mass is 79.9. The molecule has 0 atom stereocenters. The average Bonchev–Trinajstić information content (AvgIpc) is 2.46. The first-order valence-electron chi connectivity index (χ1n) is 7.22. The van der Waals surface area contributed by atoms with Crippen LogP contribution in [0.3, 0.4) is 0 Å². The summed E-state index contributed by atoms with van der Waals surface area (Å²) in [5.74, 6) is 0.0831. The molecule has 1 rings (SSSR count). The summed E-state index contributed by atoms with van der Waals surface area (Å²) in [5.41, 5.74) is 7.94. The first kappa shape index (κ1) is 20.4. The Morgan fingerprint density at radius 3 is 2.43 bits per heavy atom. The number of hydrogen-bond acceptors (Lipinski definition) is 2. The molecular formula is C16H26BrClN2O. The number of nitrogens with two attached hydrogens (primary N) is 1. The van der Waals surface area contributed by atoms with Crippen LogP contribution < -0.4 is 11.1 Å². The maximum absolute atomic E-state index is 12.1. The van der Waals surface area contributed by atoms with Crippen LogP contribution in [0, 0.1) is 6.92 Å². The first-order chi connectivity index (χ1) is 9.46. The summed E-state index contributed by atoms with van der Waals surface area (Å²) in [7, 11) is 0. The molecule has 0 aromatic heterocycles. The zero-order valence-electron chi connectivity index (χ0n) is 13.0. The molecule has 1 aromatic carbocycles. The van der Waals surface area contributed by atoms with Crippen LogP contribution in [0.25, 0.3) is 0 Å². The molecule has 5 heteroatoms. The first-order valence-corrected chi connectivity index (χ1v) is 8.01. The molecule has 0 saturated heterocycles. The molecule has 0 aliphatic rings. The quantitative estimate of drug-likeness (QED) is 0.760. The summed E-state index contributed by atoms with van der Waals surface area (Å²) in [4.78, 5) is 12.1. The summed E-state index contributed by atoms with van der Waals surface area (Å²) in [6.45, 7) is 6.67. The molecule has 0 bridgehead atoms. The monoisotopic (exact) mass is 376 g/mol. The number of carbonyl (C=O) groups is 1. The lowest BCUT2D eigenvalue weighted by Crippen LogP contribution is -2.52. The molecule has 0 aliphatic carbocycles. The number of halogens is 2. The van der Waals surface area contributed by atoms with Crippen molar-refractivity contribution in [3.8, 4) is 0 Å². The Bertz CT molecular complexity index is 453. The molecule has 1 amide bonds. The molecule has 0 radical (unpaired) electrons. The Hall–Kier alpha value is -0.580. The molecule has 3 nitrogen and oxygen atoms in total. The second-order valence-electron chi connectivity index (χ2n) is 5.32. The fourth-order valence-electron chi connectivity index (χ4n) is 2.24. The standard InChI is InChI=1S/C16H25BrN2O.ClH/c1-4-16(5-2,11-18)19-15(20)9-7-13-6-8-14(17)12(3)10-13;/h6,8,10H,4-5,7,9,11,18H2,1-3H3,(H,19,20);1H. The van der Waals surface area contributed by atoms with Crippen LogP contribution >= 0.6 is 28.3 Å². The van der Waals surface area contributed by atoms with Gasteiger partial charge in [-0.25, -0.2) is 0 Å². The van der Waals surface area contributed by atoms with Gasteiger partial charge in [0.15, 0.2) is 0 Å². The van der Waals surface area contributed by atoms with Crippen molar-refractivity contribution in [1.29, 1.82) is 0 Å². The molecule has 0 unspecified atom stereocenters. The molecule has 0 spiro atoms. The van der Waals surface area contributed by atoms with E-state index in [1.54, 1.807) is 0 Å². The van der Waals surface area contributed by atoms with Gasteiger partial charge in [0.05, 0.1) is 5.54 Å². The fraction of sp³-hybridized carbons (Fsp3) is 0.562. The van der Waals surface area contributed by atoms with E-state index in [9.17, 15) is 4.79 Å². The molecule has 0 saturated carbocycles. The van der Waals surface area contributed by atoms with Crippen LogP contribution in [0.2, 0.25) is 0 Å². The normalized spacial score (nSPS) is 10.9. The highest BCUT2D eigenvalue weighted by Crippen LogP contribution is 2.18. The highest BCUT2D eigenvalue weighted by Gasteiger charge is 2.25. The third kappa shape index (κ3) is 5.97.